The van der Waals surface area contributed by atoms with Crippen molar-refractivity contribution >= 4 is 173 Å². The maximum absolute atomic E-state index is 5.50. The van der Waals surface area contributed by atoms with Crippen LogP contribution in [0.4, 0.5) is 0 Å². The molecule has 23 aromatic carbocycles. The zero-order chi connectivity index (χ0) is 90.6. The van der Waals surface area contributed by atoms with Crippen LogP contribution in [0.2, 0.25) is 0 Å². The molecule has 0 amide bonds. The van der Waals surface area contributed by atoms with E-state index in [2.05, 4.69) is 491 Å². The third-order valence-electron chi connectivity index (χ3n) is 28.3. The lowest BCUT2D eigenvalue weighted by Crippen LogP contribution is -2.07. The predicted octanol–water partition coefficient (Wildman–Crippen LogP) is 33.0. The minimum atomic E-state index is 0.564. The molecule has 0 saturated heterocycles. The first-order valence-electron chi connectivity index (χ1n) is 46.9. The third kappa shape index (κ3) is 12.6. The Morgan fingerprint density at radius 1 is 0.123 bits per heavy atom. The van der Waals surface area contributed by atoms with Gasteiger partial charge in [-0.3, -0.25) is 9.13 Å². The van der Waals surface area contributed by atoms with Crippen molar-refractivity contribution in [2.75, 3.05) is 0 Å². The summed E-state index contributed by atoms with van der Waals surface area (Å²) in [6.45, 7) is 0. The normalized spacial score (nSPS) is 11.9. The van der Waals surface area contributed by atoms with E-state index in [4.69, 9.17) is 29.9 Å². The molecule has 138 heavy (non-hydrogen) atoms. The summed E-state index contributed by atoms with van der Waals surface area (Å²) in [5.74, 6) is 3.63. The molecular weight excluding hydrogens is 1680 g/mol. The maximum atomic E-state index is 5.50. The molecule has 0 aliphatic heterocycles. The van der Waals surface area contributed by atoms with Crippen LogP contribution in [0.25, 0.3) is 276 Å². The van der Waals surface area contributed by atoms with Gasteiger partial charge < -0.3 is 9.13 Å². The van der Waals surface area contributed by atoms with Crippen LogP contribution < -0.4 is 0 Å². The second-order valence-electron chi connectivity index (χ2n) is 35.9. The Labute approximate surface area is 791 Å². The molecule has 0 radical (unpaired) electrons. The van der Waals surface area contributed by atoms with Gasteiger partial charge in [0.1, 0.15) is 0 Å². The van der Waals surface area contributed by atoms with Crippen LogP contribution >= 0.6 is 0 Å². The summed E-state index contributed by atoms with van der Waals surface area (Å²) in [5, 5.41) is 27.8. The Morgan fingerprint density at radius 3 is 0.638 bits per heavy atom. The van der Waals surface area contributed by atoms with Crippen molar-refractivity contribution in [2.45, 2.75) is 0 Å². The van der Waals surface area contributed by atoms with Gasteiger partial charge >= 0.3 is 0 Å². The molecule has 0 N–H and O–H groups in total. The molecule has 0 saturated carbocycles. The largest absolute Gasteiger partial charge is 0.309 e. The Kier molecular flexibility index (Phi) is 17.8. The Morgan fingerprint density at radius 2 is 0.333 bits per heavy atom. The van der Waals surface area contributed by atoms with E-state index in [0.717, 1.165) is 164 Å². The van der Waals surface area contributed by atoms with Crippen molar-refractivity contribution in [1.29, 1.82) is 0 Å². The first kappa shape index (κ1) is 78.1. The number of hydrogen-bond donors (Lipinski definition) is 0. The van der Waals surface area contributed by atoms with E-state index in [1.54, 1.807) is 0 Å². The lowest BCUT2D eigenvalue weighted by atomic mass is 9.96. The van der Waals surface area contributed by atoms with Crippen molar-refractivity contribution in [3.63, 3.8) is 0 Å². The monoisotopic (exact) mass is 1750 g/mol. The summed E-state index contributed by atoms with van der Waals surface area (Å²) in [4.78, 5) is 32.9. The minimum absolute atomic E-state index is 0.564. The summed E-state index contributed by atoms with van der Waals surface area (Å²) in [6, 6.07) is 170. The Hall–Kier alpha value is -18.6. The number of hydrogen-bond acceptors (Lipinski definition) is 6. The highest BCUT2D eigenvalue weighted by Crippen LogP contribution is 2.47. The van der Waals surface area contributed by atoms with E-state index in [9.17, 15) is 0 Å². The molecule has 10 nitrogen and oxygen atoms in total. The number of aromatic nitrogens is 10. The van der Waals surface area contributed by atoms with E-state index in [1.807, 2.05) is 0 Å². The first-order valence-corrected chi connectivity index (χ1v) is 46.9. The molecular formula is C128H78N10. The summed E-state index contributed by atoms with van der Waals surface area (Å²) in [7, 11) is 0. The predicted molar refractivity (Wildman–Crippen MR) is 575 cm³/mol. The molecule has 0 bridgehead atoms. The van der Waals surface area contributed by atoms with Gasteiger partial charge in [0.2, 0.25) is 11.9 Å². The van der Waals surface area contributed by atoms with Crippen LogP contribution in [0.15, 0.2) is 473 Å². The molecule has 0 unspecified atom stereocenters. The quantitative estimate of drug-likeness (QED) is 0.120. The fraction of sp³-hybridized carbons (Fsp3) is 0. The summed E-state index contributed by atoms with van der Waals surface area (Å²) in [6.07, 6.45) is 0. The van der Waals surface area contributed by atoms with Gasteiger partial charge in [0.15, 0.2) is 23.3 Å². The lowest BCUT2D eigenvalue weighted by Gasteiger charge is -2.15. The van der Waals surface area contributed by atoms with Crippen LogP contribution in [0.5, 0.6) is 0 Å². The van der Waals surface area contributed by atoms with Crippen LogP contribution in [0, 0.1) is 0 Å². The minimum Gasteiger partial charge on any atom is -0.309 e. The third-order valence-corrected chi connectivity index (χ3v) is 28.3. The van der Waals surface area contributed by atoms with Crippen molar-refractivity contribution in [3.8, 4) is 102 Å². The van der Waals surface area contributed by atoms with E-state index >= 15 is 0 Å². The molecule has 0 spiro atoms. The second kappa shape index (κ2) is 31.5. The van der Waals surface area contributed by atoms with Gasteiger partial charge in [0, 0.05) is 76.7 Å². The van der Waals surface area contributed by atoms with Crippen molar-refractivity contribution in [2.24, 2.45) is 0 Å². The molecule has 6 aromatic heterocycles. The second-order valence-corrected chi connectivity index (χ2v) is 35.9. The van der Waals surface area contributed by atoms with E-state index in [1.165, 1.54) is 76.3 Å². The summed E-state index contributed by atoms with van der Waals surface area (Å²) < 4.78 is 9.21. The smallest absolute Gasteiger partial charge is 0.238 e. The van der Waals surface area contributed by atoms with Crippen molar-refractivity contribution in [1.82, 2.24) is 48.2 Å². The van der Waals surface area contributed by atoms with Gasteiger partial charge in [0.25, 0.3) is 0 Å². The molecule has 0 atom stereocenters. The lowest BCUT2D eigenvalue weighted by molar-refractivity contribution is 0.955. The van der Waals surface area contributed by atoms with Gasteiger partial charge in [-0.1, -0.05) is 352 Å². The summed E-state index contributed by atoms with van der Waals surface area (Å²) in [5.41, 5.74) is 22.0. The molecule has 0 aliphatic rings. The first-order chi connectivity index (χ1) is 68.4. The van der Waals surface area contributed by atoms with Crippen LogP contribution in [0.1, 0.15) is 0 Å². The SMILES string of the molecule is c1ccc(-c2ccc(-n3c4ccccc4c4cc(-c5ccc6c(c5)c5ccccc5n6-c5nc(-c6cc7ccccc7c7ccccc67)nc(-c6cc7ccccc7c7ccccc67)n5)ccc43)cc2)cc1.c1ccc(-n2c3ccccc3c3cc(-c4ccc5c(c4)c4ccccc4n5-c4nc(-c5cc6ccccc6c6ccccc56)nc(-c5cc6ccccc6c6ccccc56)n4)ccc32)cc1. The highest BCUT2D eigenvalue weighted by Gasteiger charge is 2.27. The van der Waals surface area contributed by atoms with Gasteiger partial charge in [-0.05, 0) is 241 Å². The maximum Gasteiger partial charge on any atom is 0.238 e. The zero-order valence-corrected chi connectivity index (χ0v) is 74.5. The number of rotatable bonds is 11. The molecule has 640 valence electrons. The van der Waals surface area contributed by atoms with Crippen molar-refractivity contribution in [3.05, 3.63) is 473 Å². The topological polar surface area (TPSA) is 97.1 Å². The summed E-state index contributed by atoms with van der Waals surface area (Å²) >= 11 is 0. The van der Waals surface area contributed by atoms with Gasteiger partial charge in [-0.15, -0.1) is 0 Å². The molecule has 0 fully saturated rings. The molecule has 29 rings (SSSR count). The van der Waals surface area contributed by atoms with Crippen LogP contribution in [0.3, 0.4) is 0 Å². The average Bonchev–Trinajstić information content (AvgIpc) is 1.58. The van der Waals surface area contributed by atoms with Crippen molar-refractivity contribution < 1.29 is 0 Å². The van der Waals surface area contributed by atoms with E-state index in [-0.39, 0.29) is 0 Å². The number of para-hydroxylation sites is 5. The zero-order valence-electron chi connectivity index (χ0n) is 74.5. The molecule has 6 heterocycles. The number of fused-ring (bicyclic) bond motifs is 24. The fourth-order valence-corrected chi connectivity index (χ4v) is 22.0. The Balaban J connectivity index is 0.000000137. The highest BCUT2D eigenvalue weighted by molar-refractivity contribution is 6.20. The van der Waals surface area contributed by atoms with E-state index < -0.39 is 0 Å². The molecule has 29 aromatic rings. The fourth-order valence-electron chi connectivity index (χ4n) is 22.0. The van der Waals surface area contributed by atoms with E-state index in [0.29, 0.717) is 35.2 Å². The highest BCUT2D eigenvalue weighted by atomic mass is 15.2. The van der Waals surface area contributed by atoms with Crippen LogP contribution in [-0.2, 0) is 0 Å². The standard InChI is InChI=1S/C67H41N5.C61H37N5/c1-2-16-42(17-3-1)43-30-34-48(35-31-43)71-61-28-14-12-26-55(61)57-38-44(32-36-63(57)71)45-33-37-64-58(39-45)56-27-13-15-29-62(56)72(64)67-69-65(59-40-46-18-4-6-20-49(46)51-22-8-10-24-53(51)59)68-66(70-67)60-41-47-19-5-7-21-50(47)52-23-9-11-25-54(52)60;1-2-18-42(19-3-1)65-55-28-14-12-26-49(55)51-34-38(30-32-57(51)65)39-31-33-58-52(35-39)50-27-13-15-29-56(50)66(58)61-63-59(53-36-40-16-4-6-20-43(40)45-22-8-10-24-47(45)53)62-60(64-61)54-37-41-17-5-7-21-44(41)46-23-9-11-25-48(46)54/h1-41H;1-37H. The molecule has 0 aliphatic carbocycles. The van der Waals surface area contributed by atoms with Gasteiger partial charge in [-0.25, -0.2) is 9.97 Å². The molecule has 10 heteroatoms. The van der Waals surface area contributed by atoms with Gasteiger partial charge in [-0.2, -0.15) is 19.9 Å². The average molecular weight is 1760 g/mol. The number of benzene rings is 23. The Bertz CT molecular complexity index is 9850. The van der Waals surface area contributed by atoms with Crippen LogP contribution in [-0.4, -0.2) is 48.2 Å². The number of nitrogens with zero attached hydrogens (tertiary/aromatic N) is 10. The van der Waals surface area contributed by atoms with Gasteiger partial charge in [0.05, 0.1) is 44.1 Å².